The van der Waals surface area contributed by atoms with Crippen LogP contribution in [0.2, 0.25) is 0 Å². The van der Waals surface area contributed by atoms with Crippen molar-refractivity contribution in [2.75, 3.05) is 0 Å². The van der Waals surface area contributed by atoms with Crippen molar-refractivity contribution in [3.05, 3.63) is 21.4 Å². The van der Waals surface area contributed by atoms with E-state index in [1.807, 2.05) is 0 Å². The zero-order chi connectivity index (χ0) is 13.2. The lowest BCUT2D eigenvalue weighted by Crippen LogP contribution is -2.36. The molecule has 2 nitrogen and oxygen atoms in total. The van der Waals surface area contributed by atoms with E-state index in [0.717, 1.165) is 37.2 Å². The van der Waals surface area contributed by atoms with E-state index in [1.54, 1.807) is 11.3 Å². The van der Waals surface area contributed by atoms with Gasteiger partial charge >= 0.3 is 0 Å². The predicted molar refractivity (Wildman–Crippen MR) is 79.8 cm³/mol. The van der Waals surface area contributed by atoms with Crippen molar-refractivity contribution in [2.45, 2.75) is 64.3 Å². The van der Waals surface area contributed by atoms with E-state index in [1.165, 1.54) is 36.1 Å². The molecule has 3 heteroatoms. The van der Waals surface area contributed by atoms with Gasteiger partial charge in [0, 0.05) is 16.3 Å². The molecule has 0 bridgehead atoms. The fraction of sp³-hybridized carbons (Fsp3) is 0.688. The summed E-state index contributed by atoms with van der Waals surface area (Å²) in [6, 6.07) is 0.416. The molecule has 1 heterocycles. The summed E-state index contributed by atoms with van der Waals surface area (Å²) in [4.78, 5) is 13.9. The second kappa shape index (κ2) is 5.66. The van der Waals surface area contributed by atoms with Crippen molar-refractivity contribution >= 4 is 17.2 Å². The standard InChI is InChI=1S/C16H23NOS/c1-11-7-8-13-14(10-19-15(13)9-11)16(18)17-12-5-3-2-4-6-12/h10-12H,2-9H2,1H3,(H,17,18). The summed E-state index contributed by atoms with van der Waals surface area (Å²) in [5, 5.41) is 5.33. The first-order valence-corrected chi connectivity index (χ1v) is 8.52. The average molecular weight is 277 g/mol. The zero-order valence-corrected chi connectivity index (χ0v) is 12.5. The van der Waals surface area contributed by atoms with E-state index in [0.29, 0.717) is 6.04 Å². The smallest absolute Gasteiger partial charge is 0.252 e. The van der Waals surface area contributed by atoms with E-state index in [4.69, 9.17) is 0 Å². The highest BCUT2D eigenvalue weighted by atomic mass is 32.1. The molecule has 0 radical (unpaired) electrons. The minimum Gasteiger partial charge on any atom is -0.349 e. The molecular weight excluding hydrogens is 254 g/mol. The second-order valence-electron chi connectivity index (χ2n) is 6.21. The molecule has 0 aliphatic heterocycles. The molecule has 19 heavy (non-hydrogen) atoms. The number of nitrogens with one attached hydrogen (secondary N) is 1. The van der Waals surface area contributed by atoms with Gasteiger partial charge in [-0.05, 0) is 43.6 Å². The predicted octanol–water partition coefficient (Wildman–Crippen LogP) is 3.94. The largest absolute Gasteiger partial charge is 0.349 e. The van der Waals surface area contributed by atoms with Crippen molar-refractivity contribution in [1.29, 1.82) is 0 Å². The summed E-state index contributed by atoms with van der Waals surface area (Å²) in [5.74, 6) is 0.958. The number of hydrogen-bond donors (Lipinski definition) is 1. The van der Waals surface area contributed by atoms with Gasteiger partial charge in [0.15, 0.2) is 0 Å². The number of fused-ring (bicyclic) bond motifs is 1. The third kappa shape index (κ3) is 2.86. The summed E-state index contributed by atoms with van der Waals surface area (Å²) in [6.07, 6.45) is 9.67. The Morgan fingerprint density at radius 3 is 2.84 bits per heavy atom. The summed E-state index contributed by atoms with van der Waals surface area (Å²) >= 11 is 1.79. The monoisotopic (exact) mass is 277 g/mol. The summed E-state index contributed by atoms with van der Waals surface area (Å²) in [7, 11) is 0. The minimum atomic E-state index is 0.180. The van der Waals surface area contributed by atoms with Gasteiger partial charge in [-0.1, -0.05) is 26.2 Å². The van der Waals surface area contributed by atoms with Gasteiger partial charge in [0.25, 0.3) is 5.91 Å². The van der Waals surface area contributed by atoms with Crippen LogP contribution in [0, 0.1) is 5.92 Å². The van der Waals surface area contributed by atoms with E-state index in [9.17, 15) is 4.79 Å². The van der Waals surface area contributed by atoms with Gasteiger partial charge in [0.2, 0.25) is 0 Å². The lowest BCUT2D eigenvalue weighted by Gasteiger charge is -2.23. The van der Waals surface area contributed by atoms with Crippen LogP contribution >= 0.6 is 11.3 Å². The lowest BCUT2D eigenvalue weighted by molar-refractivity contribution is 0.0927. The van der Waals surface area contributed by atoms with Gasteiger partial charge in [-0.2, -0.15) is 0 Å². The molecule has 2 aliphatic rings. The van der Waals surface area contributed by atoms with E-state index in [-0.39, 0.29) is 5.91 Å². The highest BCUT2D eigenvalue weighted by molar-refractivity contribution is 7.10. The quantitative estimate of drug-likeness (QED) is 0.871. The first-order chi connectivity index (χ1) is 9.24. The molecule has 1 saturated carbocycles. The molecule has 1 amide bonds. The molecule has 1 atom stereocenters. The van der Waals surface area contributed by atoms with Gasteiger partial charge in [-0.15, -0.1) is 11.3 Å². The number of carbonyl (C=O) groups is 1. The Bertz CT molecular complexity index is 459. The van der Waals surface area contributed by atoms with Crippen molar-refractivity contribution in [2.24, 2.45) is 5.92 Å². The van der Waals surface area contributed by atoms with Crippen LogP contribution in [0.25, 0.3) is 0 Å². The van der Waals surface area contributed by atoms with Crippen molar-refractivity contribution in [3.63, 3.8) is 0 Å². The number of rotatable bonds is 2. The third-order valence-electron chi connectivity index (χ3n) is 4.59. The average Bonchev–Trinajstić information content (AvgIpc) is 2.82. The normalized spacial score (nSPS) is 23.9. The van der Waals surface area contributed by atoms with Crippen LogP contribution in [-0.4, -0.2) is 11.9 Å². The Morgan fingerprint density at radius 2 is 2.05 bits per heavy atom. The van der Waals surface area contributed by atoms with Gasteiger partial charge in [0.1, 0.15) is 0 Å². The van der Waals surface area contributed by atoms with Crippen LogP contribution in [0.5, 0.6) is 0 Å². The lowest BCUT2D eigenvalue weighted by atomic mass is 9.88. The molecule has 0 aromatic carbocycles. The second-order valence-corrected chi connectivity index (χ2v) is 7.17. The highest BCUT2D eigenvalue weighted by Crippen LogP contribution is 2.33. The van der Waals surface area contributed by atoms with E-state index < -0.39 is 0 Å². The van der Waals surface area contributed by atoms with Crippen molar-refractivity contribution in [3.8, 4) is 0 Å². The molecule has 1 N–H and O–H groups in total. The molecular formula is C16H23NOS. The summed E-state index contributed by atoms with van der Waals surface area (Å²) < 4.78 is 0. The highest BCUT2D eigenvalue weighted by Gasteiger charge is 2.24. The maximum absolute atomic E-state index is 12.4. The van der Waals surface area contributed by atoms with Gasteiger partial charge in [-0.3, -0.25) is 4.79 Å². The number of amides is 1. The Morgan fingerprint density at radius 1 is 1.26 bits per heavy atom. The summed E-state index contributed by atoms with van der Waals surface area (Å²) in [5.41, 5.74) is 2.31. The topological polar surface area (TPSA) is 29.1 Å². The first-order valence-electron chi connectivity index (χ1n) is 7.64. The molecule has 1 fully saturated rings. The van der Waals surface area contributed by atoms with Gasteiger partial charge in [0.05, 0.1) is 5.56 Å². The van der Waals surface area contributed by atoms with Crippen LogP contribution in [0.3, 0.4) is 0 Å². The maximum Gasteiger partial charge on any atom is 0.252 e. The molecule has 104 valence electrons. The molecule has 0 spiro atoms. The number of thiophene rings is 1. The fourth-order valence-corrected chi connectivity index (χ4v) is 4.62. The van der Waals surface area contributed by atoms with E-state index >= 15 is 0 Å². The molecule has 1 unspecified atom stereocenters. The van der Waals surface area contributed by atoms with E-state index in [2.05, 4.69) is 17.6 Å². The SMILES string of the molecule is CC1CCc2c(C(=O)NC3CCCCC3)csc2C1. The fourth-order valence-electron chi connectivity index (χ4n) is 3.38. The van der Waals surface area contributed by atoms with Crippen LogP contribution in [0.1, 0.15) is 66.2 Å². The zero-order valence-electron chi connectivity index (χ0n) is 11.7. The molecule has 0 saturated heterocycles. The maximum atomic E-state index is 12.4. The van der Waals surface area contributed by atoms with Crippen molar-refractivity contribution in [1.82, 2.24) is 5.32 Å². The molecule has 1 aromatic heterocycles. The van der Waals surface area contributed by atoms with Crippen LogP contribution < -0.4 is 5.32 Å². The Labute approximate surface area is 119 Å². The number of carbonyl (C=O) groups excluding carboxylic acids is 1. The minimum absolute atomic E-state index is 0.180. The van der Waals surface area contributed by atoms with Crippen LogP contribution in [0.15, 0.2) is 5.38 Å². The van der Waals surface area contributed by atoms with Gasteiger partial charge < -0.3 is 5.32 Å². The van der Waals surface area contributed by atoms with Crippen LogP contribution in [-0.2, 0) is 12.8 Å². The van der Waals surface area contributed by atoms with Crippen molar-refractivity contribution < 1.29 is 4.79 Å². The van der Waals surface area contributed by atoms with Crippen LogP contribution in [0.4, 0.5) is 0 Å². The summed E-state index contributed by atoms with van der Waals surface area (Å²) in [6.45, 7) is 2.31. The first kappa shape index (κ1) is 13.2. The molecule has 2 aliphatic carbocycles. The Hall–Kier alpha value is -0.830. The number of hydrogen-bond acceptors (Lipinski definition) is 2. The Kier molecular flexibility index (Phi) is 3.92. The Balaban J connectivity index is 1.70. The third-order valence-corrected chi connectivity index (χ3v) is 5.64. The molecule has 1 aromatic rings. The molecule has 3 rings (SSSR count). The van der Waals surface area contributed by atoms with Gasteiger partial charge in [-0.25, -0.2) is 0 Å².